The van der Waals surface area contributed by atoms with Gasteiger partial charge in [-0.05, 0) is 44.2 Å². The van der Waals surface area contributed by atoms with Crippen LogP contribution in [0.1, 0.15) is 42.4 Å². The molecule has 1 aliphatic rings. The largest absolute Gasteiger partial charge is 0.496 e. The standard InChI is InChI=1S/C15H23NO2/c1-10(7-8-16)13-9-14(17-2)11-5-4-6-12(11)15(13)18-3/h9-10H,4-8,16H2,1-3H3. The molecule has 0 spiro atoms. The van der Waals surface area contributed by atoms with Gasteiger partial charge in [-0.1, -0.05) is 6.92 Å². The monoisotopic (exact) mass is 249 g/mol. The zero-order valence-electron chi connectivity index (χ0n) is 11.6. The van der Waals surface area contributed by atoms with Gasteiger partial charge >= 0.3 is 0 Å². The molecule has 1 aliphatic carbocycles. The fourth-order valence-electron chi connectivity index (χ4n) is 2.93. The topological polar surface area (TPSA) is 44.5 Å². The van der Waals surface area contributed by atoms with Gasteiger partial charge in [-0.15, -0.1) is 0 Å². The first kappa shape index (κ1) is 13.2. The van der Waals surface area contributed by atoms with E-state index in [4.69, 9.17) is 15.2 Å². The molecule has 0 bridgehead atoms. The predicted molar refractivity (Wildman–Crippen MR) is 73.7 cm³/mol. The molecular weight excluding hydrogens is 226 g/mol. The molecule has 1 atom stereocenters. The highest BCUT2D eigenvalue weighted by molar-refractivity contribution is 5.56. The van der Waals surface area contributed by atoms with Gasteiger partial charge in [-0.25, -0.2) is 0 Å². The van der Waals surface area contributed by atoms with Crippen LogP contribution >= 0.6 is 0 Å². The molecule has 1 aromatic rings. The summed E-state index contributed by atoms with van der Waals surface area (Å²) in [6, 6.07) is 2.14. The molecule has 0 aliphatic heterocycles. The number of fused-ring (bicyclic) bond motifs is 1. The van der Waals surface area contributed by atoms with Crippen LogP contribution in [-0.2, 0) is 12.8 Å². The van der Waals surface area contributed by atoms with Crippen LogP contribution in [0.15, 0.2) is 6.07 Å². The minimum Gasteiger partial charge on any atom is -0.496 e. The van der Waals surface area contributed by atoms with Crippen molar-refractivity contribution in [1.82, 2.24) is 0 Å². The predicted octanol–water partition coefficient (Wildman–Crippen LogP) is 2.64. The first-order valence-corrected chi connectivity index (χ1v) is 6.69. The number of nitrogens with two attached hydrogens (primary N) is 1. The summed E-state index contributed by atoms with van der Waals surface area (Å²) < 4.78 is 11.2. The molecule has 0 amide bonds. The Labute approximate surface area is 109 Å². The summed E-state index contributed by atoms with van der Waals surface area (Å²) in [7, 11) is 3.51. The van der Waals surface area contributed by atoms with E-state index in [0.717, 1.165) is 30.8 Å². The summed E-state index contributed by atoms with van der Waals surface area (Å²) in [5.41, 5.74) is 9.58. The van der Waals surface area contributed by atoms with Crippen molar-refractivity contribution in [2.24, 2.45) is 5.73 Å². The molecule has 0 saturated heterocycles. The molecule has 0 aromatic heterocycles. The molecule has 3 nitrogen and oxygen atoms in total. The Balaban J connectivity index is 2.51. The van der Waals surface area contributed by atoms with Gasteiger partial charge in [0.05, 0.1) is 14.2 Å². The van der Waals surface area contributed by atoms with Crippen molar-refractivity contribution in [1.29, 1.82) is 0 Å². The van der Waals surface area contributed by atoms with E-state index >= 15 is 0 Å². The van der Waals surface area contributed by atoms with Crippen LogP contribution in [0.4, 0.5) is 0 Å². The van der Waals surface area contributed by atoms with Crippen molar-refractivity contribution in [3.8, 4) is 11.5 Å². The molecule has 1 unspecified atom stereocenters. The molecule has 100 valence electrons. The third-order valence-electron chi connectivity index (χ3n) is 3.89. The van der Waals surface area contributed by atoms with E-state index in [9.17, 15) is 0 Å². The van der Waals surface area contributed by atoms with Gasteiger partial charge in [-0.2, -0.15) is 0 Å². The summed E-state index contributed by atoms with van der Waals surface area (Å²) in [6.45, 7) is 2.90. The van der Waals surface area contributed by atoms with E-state index in [1.54, 1.807) is 14.2 Å². The van der Waals surface area contributed by atoms with E-state index in [-0.39, 0.29) is 0 Å². The van der Waals surface area contributed by atoms with Gasteiger partial charge in [0.1, 0.15) is 11.5 Å². The fourth-order valence-corrected chi connectivity index (χ4v) is 2.93. The van der Waals surface area contributed by atoms with Gasteiger partial charge < -0.3 is 15.2 Å². The summed E-state index contributed by atoms with van der Waals surface area (Å²) in [4.78, 5) is 0. The number of benzene rings is 1. The lowest BCUT2D eigenvalue weighted by Crippen LogP contribution is -2.08. The molecule has 18 heavy (non-hydrogen) atoms. The van der Waals surface area contributed by atoms with E-state index in [1.807, 2.05) is 0 Å². The van der Waals surface area contributed by atoms with Crippen molar-refractivity contribution in [2.75, 3.05) is 20.8 Å². The average Bonchev–Trinajstić information content (AvgIpc) is 2.86. The quantitative estimate of drug-likeness (QED) is 0.872. The second-order valence-corrected chi connectivity index (χ2v) is 4.99. The summed E-state index contributed by atoms with van der Waals surface area (Å²) in [6.07, 6.45) is 4.35. The maximum atomic E-state index is 5.67. The van der Waals surface area contributed by atoms with Gasteiger partial charge in [0.15, 0.2) is 0 Å². The third-order valence-corrected chi connectivity index (χ3v) is 3.89. The highest BCUT2D eigenvalue weighted by Crippen LogP contribution is 2.43. The maximum absolute atomic E-state index is 5.67. The molecule has 2 rings (SSSR count). The molecule has 0 heterocycles. The Morgan fingerprint density at radius 1 is 1.22 bits per heavy atom. The lowest BCUT2D eigenvalue weighted by molar-refractivity contribution is 0.390. The average molecular weight is 249 g/mol. The van der Waals surface area contributed by atoms with Gasteiger partial charge in [0.2, 0.25) is 0 Å². The first-order chi connectivity index (χ1) is 8.72. The van der Waals surface area contributed by atoms with Crippen LogP contribution < -0.4 is 15.2 Å². The minimum atomic E-state index is 0.407. The normalized spacial score (nSPS) is 15.3. The number of hydrogen-bond acceptors (Lipinski definition) is 3. The lowest BCUT2D eigenvalue weighted by Gasteiger charge is -2.20. The second-order valence-electron chi connectivity index (χ2n) is 4.99. The van der Waals surface area contributed by atoms with Crippen LogP contribution in [-0.4, -0.2) is 20.8 Å². The van der Waals surface area contributed by atoms with E-state index in [1.165, 1.54) is 23.1 Å². The van der Waals surface area contributed by atoms with Crippen LogP contribution in [0.5, 0.6) is 11.5 Å². The molecule has 0 fully saturated rings. The van der Waals surface area contributed by atoms with Crippen molar-refractivity contribution in [3.05, 3.63) is 22.8 Å². The fraction of sp³-hybridized carbons (Fsp3) is 0.600. The van der Waals surface area contributed by atoms with Gasteiger partial charge in [0, 0.05) is 16.7 Å². The Kier molecular flexibility index (Phi) is 4.12. The molecular formula is C15H23NO2. The second kappa shape index (κ2) is 5.61. The number of rotatable bonds is 5. The van der Waals surface area contributed by atoms with Crippen LogP contribution in [0.2, 0.25) is 0 Å². The minimum absolute atomic E-state index is 0.407. The van der Waals surface area contributed by atoms with Crippen molar-refractivity contribution in [2.45, 2.75) is 38.5 Å². The molecule has 0 radical (unpaired) electrons. The first-order valence-electron chi connectivity index (χ1n) is 6.69. The number of hydrogen-bond donors (Lipinski definition) is 1. The van der Waals surface area contributed by atoms with Gasteiger partial charge in [-0.3, -0.25) is 0 Å². The van der Waals surface area contributed by atoms with Crippen LogP contribution in [0.3, 0.4) is 0 Å². The van der Waals surface area contributed by atoms with Crippen molar-refractivity contribution >= 4 is 0 Å². The zero-order chi connectivity index (χ0) is 13.1. The van der Waals surface area contributed by atoms with Gasteiger partial charge in [0.25, 0.3) is 0 Å². The molecule has 0 saturated carbocycles. The summed E-state index contributed by atoms with van der Waals surface area (Å²) >= 11 is 0. The Morgan fingerprint density at radius 3 is 2.56 bits per heavy atom. The van der Waals surface area contributed by atoms with E-state index in [2.05, 4.69) is 13.0 Å². The van der Waals surface area contributed by atoms with E-state index in [0.29, 0.717) is 12.5 Å². The molecule has 1 aromatic carbocycles. The van der Waals surface area contributed by atoms with Crippen LogP contribution in [0.25, 0.3) is 0 Å². The third kappa shape index (κ3) is 2.19. The highest BCUT2D eigenvalue weighted by atomic mass is 16.5. The SMILES string of the molecule is COc1cc(C(C)CCN)c(OC)c2c1CCC2. The number of methoxy groups -OCH3 is 2. The van der Waals surface area contributed by atoms with Crippen LogP contribution in [0, 0.1) is 0 Å². The Hall–Kier alpha value is -1.22. The van der Waals surface area contributed by atoms with Crippen molar-refractivity contribution in [3.63, 3.8) is 0 Å². The molecule has 3 heteroatoms. The van der Waals surface area contributed by atoms with Crippen molar-refractivity contribution < 1.29 is 9.47 Å². The zero-order valence-corrected chi connectivity index (χ0v) is 11.6. The maximum Gasteiger partial charge on any atom is 0.126 e. The van der Waals surface area contributed by atoms with E-state index < -0.39 is 0 Å². The lowest BCUT2D eigenvalue weighted by atomic mass is 9.92. The Morgan fingerprint density at radius 2 is 1.94 bits per heavy atom. The number of ether oxygens (including phenoxy) is 2. The summed E-state index contributed by atoms with van der Waals surface area (Å²) in [5, 5.41) is 0. The molecule has 2 N–H and O–H groups in total. The summed E-state index contributed by atoms with van der Waals surface area (Å²) in [5.74, 6) is 2.48. The Bertz CT molecular complexity index is 429. The smallest absolute Gasteiger partial charge is 0.126 e. The highest BCUT2D eigenvalue weighted by Gasteiger charge is 2.25.